The largest absolute Gasteiger partial charge is 0.327 e. The van der Waals surface area contributed by atoms with Gasteiger partial charge in [-0.2, -0.15) is 5.26 Å². The molecule has 0 aromatic carbocycles. The summed E-state index contributed by atoms with van der Waals surface area (Å²) in [7, 11) is 3.86. The zero-order valence-electron chi connectivity index (χ0n) is 12.1. The van der Waals surface area contributed by atoms with Crippen LogP contribution in [-0.2, 0) is 4.79 Å². The first-order chi connectivity index (χ1) is 8.50. The van der Waals surface area contributed by atoms with E-state index in [1.54, 1.807) is 11.9 Å². The number of carbonyl (C=O) groups is 1. The van der Waals surface area contributed by atoms with Crippen molar-refractivity contribution in [2.75, 3.05) is 27.2 Å². The summed E-state index contributed by atoms with van der Waals surface area (Å²) in [5, 5.41) is 9.51. The van der Waals surface area contributed by atoms with E-state index in [4.69, 9.17) is 0 Å². The average Bonchev–Trinajstić information content (AvgIpc) is 2.40. The lowest BCUT2D eigenvalue weighted by Gasteiger charge is -2.42. The van der Waals surface area contributed by atoms with E-state index in [1.807, 2.05) is 13.8 Å². The molecule has 0 unspecified atom stereocenters. The van der Waals surface area contributed by atoms with Gasteiger partial charge < -0.3 is 9.80 Å². The van der Waals surface area contributed by atoms with Gasteiger partial charge in [0.25, 0.3) is 0 Å². The second-order valence-corrected chi connectivity index (χ2v) is 5.36. The van der Waals surface area contributed by atoms with E-state index in [2.05, 4.69) is 18.0 Å². The lowest BCUT2D eigenvalue weighted by atomic mass is 9.86. The molecule has 1 rings (SSSR count). The molecule has 0 N–H and O–H groups in total. The number of hydrogen-bond acceptors (Lipinski definition) is 3. The van der Waals surface area contributed by atoms with Crippen LogP contribution in [0.2, 0.25) is 0 Å². The van der Waals surface area contributed by atoms with Crippen LogP contribution < -0.4 is 0 Å². The minimum Gasteiger partial charge on any atom is -0.327 e. The molecular weight excluding hydrogens is 226 g/mol. The van der Waals surface area contributed by atoms with Crippen LogP contribution >= 0.6 is 0 Å². The van der Waals surface area contributed by atoms with Gasteiger partial charge >= 0.3 is 0 Å². The molecular formula is C14H25N3O. The van der Waals surface area contributed by atoms with E-state index >= 15 is 0 Å². The second-order valence-electron chi connectivity index (χ2n) is 5.36. The third-order valence-corrected chi connectivity index (χ3v) is 4.33. The van der Waals surface area contributed by atoms with Gasteiger partial charge in [0.15, 0.2) is 0 Å². The first-order valence-electron chi connectivity index (χ1n) is 6.88. The van der Waals surface area contributed by atoms with Crippen molar-refractivity contribution in [2.24, 2.45) is 5.92 Å². The fraction of sp³-hybridized carbons (Fsp3) is 0.857. The van der Waals surface area contributed by atoms with Crippen molar-refractivity contribution >= 4 is 5.91 Å². The van der Waals surface area contributed by atoms with Gasteiger partial charge in [-0.15, -0.1) is 0 Å². The van der Waals surface area contributed by atoms with Crippen molar-refractivity contribution in [1.82, 2.24) is 9.80 Å². The third kappa shape index (κ3) is 2.84. The lowest BCUT2D eigenvalue weighted by molar-refractivity contribution is -0.139. The Morgan fingerprint density at radius 1 is 1.39 bits per heavy atom. The van der Waals surface area contributed by atoms with Gasteiger partial charge in [-0.3, -0.25) is 4.79 Å². The van der Waals surface area contributed by atoms with Crippen LogP contribution in [0.5, 0.6) is 0 Å². The van der Waals surface area contributed by atoms with Crippen LogP contribution in [0.25, 0.3) is 0 Å². The van der Waals surface area contributed by atoms with Crippen molar-refractivity contribution in [1.29, 1.82) is 5.26 Å². The molecule has 0 atom stereocenters. The van der Waals surface area contributed by atoms with E-state index in [1.165, 1.54) is 0 Å². The Morgan fingerprint density at radius 3 is 2.28 bits per heavy atom. The standard InChI is InChI=1S/C14H25N3O/c1-5-12(6-2)13(18)17(4)14(11-15)7-9-16(3)10-8-14/h12H,5-10H2,1-4H3. The number of carbonyl (C=O) groups excluding carboxylic acids is 1. The monoisotopic (exact) mass is 251 g/mol. The summed E-state index contributed by atoms with van der Waals surface area (Å²) < 4.78 is 0. The highest BCUT2D eigenvalue weighted by atomic mass is 16.2. The van der Waals surface area contributed by atoms with E-state index in [0.717, 1.165) is 38.8 Å². The number of hydrogen-bond donors (Lipinski definition) is 0. The van der Waals surface area contributed by atoms with E-state index < -0.39 is 5.54 Å². The molecule has 1 saturated heterocycles. The molecule has 0 aromatic heterocycles. The summed E-state index contributed by atoms with van der Waals surface area (Å²) in [6.07, 6.45) is 3.20. The molecule has 18 heavy (non-hydrogen) atoms. The van der Waals surface area contributed by atoms with Crippen LogP contribution in [0.1, 0.15) is 39.5 Å². The molecule has 0 aliphatic carbocycles. The number of piperidine rings is 1. The number of nitriles is 1. The van der Waals surface area contributed by atoms with Crippen molar-refractivity contribution in [3.63, 3.8) is 0 Å². The summed E-state index contributed by atoms with van der Waals surface area (Å²) >= 11 is 0. The highest BCUT2D eigenvalue weighted by molar-refractivity contribution is 5.79. The smallest absolute Gasteiger partial charge is 0.226 e. The van der Waals surface area contributed by atoms with Crippen LogP contribution in [0.4, 0.5) is 0 Å². The average molecular weight is 251 g/mol. The molecule has 0 radical (unpaired) electrons. The highest BCUT2D eigenvalue weighted by Gasteiger charge is 2.41. The van der Waals surface area contributed by atoms with Gasteiger partial charge in [-0.1, -0.05) is 13.8 Å². The van der Waals surface area contributed by atoms with Crippen LogP contribution in [0, 0.1) is 17.2 Å². The van der Waals surface area contributed by atoms with Crippen LogP contribution in [0.15, 0.2) is 0 Å². The fourth-order valence-corrected chi connectivity index (χ4v) is 2.63. The number of rotatable bonds is 4. The second kappa shape index (κ2) is 6.19. The predicted molar refractivity (Wildman–Crippen MR) is 71.9 cm³/mol. The van der Waals surface area contributed by atoms with Crippen molar-refractivity contribution in [3.05, 3.63) is 0 Å². The Morgan fingerprint density at radius 2 is 1.89 bits per heavy atom. The minimum atomic E-state index is -0.591. The molecule has 1 amide bonds. The summed E-state index contributed by atoms with van der Waals surface area (Å²) in [6, 6.07) is 2.40. The lowest BCUT2D eigenvalue weighted by Crippen LogP contribution is -2.55. The molecule has 1 aliphatic rings. The summed E-state index contributed by atoms with van der Waals surface area (Å²) in [4.78, 5) is 16.3. The first-order valence-corrected chi connectivity index (χ1v) is 6.88. The van der Waals surface area contributed by atoms with Crippen LogP contribution in [0.3, 0.4) is 0 Å². The van der Waals surface area contributed by atoms with E-state index in [0.29, 0.717) is 0 Å². The highest BCUT2D eigenvalue weighted by Crippen LogP contribution is 2.29. The Balaban J connectivity index is 2.82. The Bertz CT molecular complexity index is 322. The molecule has 1 heterocycles. The van der Waals surface area contributed by atoms with E-state index in [9.17, 15) is 10.1 Å². The molecule has 4 nitrogen and oxygen atoms in total. The zero-order chi connectivity index (χ0) is 13.8. The topological polar surface area (TPSA) is 47.3 Å². The Hall–Kier alpha value is -1.08. The summed E-state index contributed by atoms with van der Waals surface area (Å²) in [5.41, 5.74) is -0.591. The SMILES string of the molecule is CCC(CC)C(=O)N(C)C1(C#N)CCN(C)CC1. The molecule has 102 valence electrons. The number of amides is 1. The molecule has 0 bridgehead atoms. The summed E-state index contributed by atoms with van der Waals surface area (Å²) in [6.45, 7) is 5.84. The fourth-order valence-electron chi connectivity index (χ4n) is 2.63. The van der Waals surface area contributed by atoms with Crippen molar-refractivity contribution < 1.29 is 4.79 Å². The Kier molecular flexibility index (Phi) is 5.15. The predicted octanol–water partition coefficient (Wildman–Crippen LogP) is 1.87. The van der Waals surface area contributed by atoms with E-state index in [-0.39, 0.29) is 11.8 Å². The van der Waals surface area contributed by atoms with Gasteiger partial charge in [0, 0.05) is 26.1 Å². The minimum absolute atomic E-state index is 0.0554. The maximum atomic E-state index is 12.4. The summed E-state index contributed by atoms with van der Waals surface area (Å²) in [5.74, 6) is 0.186. The Labute approximate surface area is 111 Å². The van der Waals surface area contributed by atoms with Crippen LogP contribution in [-0.4, -0.2) is 48.4 Å². The van der Waals surface area contributed by atoms with Gasteiger partial charge in [0.1, 0.15) is 5.54 Å². The maximum Gasteiger partial charge on any atom is 0.226 e. The number of nitrogens with zero attached hydrogens (tertiary/aromatic N) is 3. The molecule has 0 saturated carbocycles. The normalized spacial score (nSPS) is 19.6. The van der Waals surface area contributed by atoms with Crippen molar-refractivity contribution in [2.45, 2.75) is 45.1 Å². The van der Waals surface area contributed by atoms with Gasteiger partial charge in [-0.25, -0.2) is 0 Å². The van der Waals surface area contributed by atoms with Gasteiger partial charge in [-0.05, 0) is 32.7 Å². The molecule has 4 heteroatoms. The van der Waals surface area contributed by atoms with Gasteiger partial charge in [0.2, 0.25) is 5.91 Å². The third-order valence-electron chi connectivity index (χ3n) is 4.33. The molecule has 1 aliphatic heterocycles. The van der Waals surface area contributed by atoms with Gasteiger partial charge in [0.05, 0.1) is 6.07 Å². The maximum absolute atomic E-state index is 12.4. The molecule has 0 spiro atoms. The zero-order valence-corrected chi connectivity index (χ0v) is 12.1. The van der Waals surface area contributed by atoms with Crippen molar-refractivity contribution in [3.8, 4) is 6.07 Å². The molecule has 0 aromatic rings. The number of likely N-dealkylation sites (tertiary alicyclic amines) is 1. The molecule has 1 fully saturated rings. The first kappa shape index (κ1) is 15.0. The quantitative estimate of drug-likeness (QED) is 0.766.